The fourth-order valence-electron chi connectivity index (χ4n) is 4.85. The molecule has 5 rings (SSSR count). The Kier molecular flexibility index (Phi) is 8.00. The van der Waals surface area contributed by atoms with E-state index >= 15 is 0 Å². The number of H-pyrrole nitrogens is 2. The number of nitrogens with one attached hydrogen (secondary N) is 2. The van der Waals surface area contributed by atoms with Crippen LogP contribution in [0.4, 0.5) is 0 Å². The van der Waals surface area contributed by atoms with E-state index in [1.165, 1.54) is 26.2 Å². The number of aliphatic hydroxyl groups is 1. The summed E-state index contributed by atoms with van der Waals surface area (Å²) in [7, 11) is 0. The van der Waals surface area contributed by atoms with Gasteiger partial charge in [0.2, 0.25) is 0 Å². The molecule has 0 aromatic carbocycles. The largest absolute Gasteiger partial charge is 0.390 e. The molecule has 0 radical (unpaired) electrons. The maximum absolute atomic E-state index is 12.3. The van der Waals surface area contributed by atoms with Crippen LogP contribution in [-0.2, 0) is 27.4 Å². The number of nitrogens with zero attached hydrogens (tertiary/aromatic N) is 8. The number of aliphatic hydroxyl groups excluding tert-OH is 1. The van der Waals surface area contributed by atoms with E-state index in [1.807, 2.05) is 0 Å². The molecule has 3 N–H and O–H groups in total. The Morgan fingerprint density at radius 2 is 1.63 bits per heavy atom. The van der Waals surface area contributed by atoms with Crippen LogP contribution in [-0.4, -0.2) is 70.2 Å². The van der Waals surface area contributed by atoms with Gasteiger partial charge in [0, 0.05) is 41.3 Å². The van der Waals surface area contributed by atoms with Gasteiger partial charge in [-0.05, 0) is 19.4 Å². The molecule has 3 aromatic heterocycles. The zero-order valence-corrected chi connectivity index (χ0v) is 22.1. The normalized spacial score (nSPS) is 25.8. The molecule has 0 aliphatic carbocycles. The van der Waals surface area contributed by atoms with E-state index in [-0.39, 0.29) is 32.5 Å². The summed E-state index contributed by atoms with van der Waals surface area (Å²) < 4.78 is 21.8. The van der Waals surface area contributed by atoms with Gasteiger partial charge in [-0.15, -0.1) is 5.10 Å². The van der Waals surface area contributed by atoms with E-state index in [1.54, 1.807) is 20.0 Å². The molecule has 2 fully saturated rings. The van der Waals surface area contributed by atoms with Gasteiger partial charge < -0.3 is 19.3 Å². The van der Waals surface area contributed by atoms with Crippen molar-refractivity contribution < 1.29 is 19.3 Å². The minimum Gasteiger partial charge on any atom is -0.390 e. The summed E-state index contributed by atoms with van der Waals surface area (Å²) in [5, 5.41) is 22.3. The summed E-state index contributed by atoms with van der Waals surface area (Å²) in [5.74, 6) is 0. The molecule has 2 aliphatic heterocycles. The van der Waals surface area contributed by atoms with Crippen molar-refractivity contribution in [2.24, 2.45) is 5.11 Å². The van der Waals surface area contributed by atoms with Crippen molar-refractivity contribution in [1.82, 2.24) is 34.1 Å². The Morgan fingerprint density at radius 1 is 1.02 bits per heavy atom. The van der Waals surface area contributed by atoms with Gasteiger partial charge in [-0.2, -0.15) is 0 Å². The SMILES string of the molecule is Cc1cn([C@H]2C[C@H](OCc3cn(C[C@H]4O[C@@H](n5cc(C)c(=O)[nH]c5=O)C[C@@H]4O)nn3)[C@@H](CN=[N+]=[N-])O2)c(=O)[nH]c1=O. The molecule has 0 bridgehead atoms. The first-order valence-corrected chi connectivity index (χ1v) is 12.8. The standard InChI is InChI=1S/C23H28N10O8/c1-11-6-32(22(37)26-20(11)35)18-3-14(34)17(41-18)9-31-8-13(28-30-31)10-39-15-4-19(40-16(15)5-25-29-24)33-7-12(2)21(36)27-23(33)38/h6-8,14-19,34H,3-5,9-10H2,1-2H3,(H,26,35,37)(H,27,36,38)/t14-,15-,16+,17+,18+,19+/m0/s1. The first kappa shape index (κ1) is 28.2. The molecule has 5 heterocycles. The Labute approximate surface area is 229 Å². The second kappa shape index (κ2) is 11.6. The lowest BCUT2D eigenvalue weighted by molar-refractivity contribution is -0.0392. The van der Waals surface area contributed by atoms with E-state index in [0.717, 1.165) is 0 Å². The van der Waals surface area contributed by atoms with Crippen LogP contribution in [0.1, 0.15) is 42.1 Å². The minimum absolute atomic E-state index is 0.0236. The number of aryl methyl sites for hydroxylation is 2. The summed E-state index contributed by atoms with van der Waals surface area (Å²) in [4.78, 5) is 55.2. The van der Waals surface area contributed by atoms with E-state index in [0.29, 0.717) is 16.8 Å². The molecule has 0 amide bonds. The Balaban J connectivity index is 1.21. The van der Waals surface area contributed by atoms with Gasteiger partial charge in [-0.3, -0.25) is 28.7 Å². The van der Waals surface area contributed by atoms with Gasteiger partial charge in [-0.1, -0.05) is 10.3 Å². The minimum atomic E-state index is -0.892. The number of aromatic amines is 2. The highest BCUT2D eigenvalue weighted by Crippen LogP contribution is 2.31. The average molecular weight is 573 g/mol. The molecular formula is C23H28N10O8. The van der Waals surface area contributed by atoms with Crippen molar-refractivity contribution in [3.63, 3.8) is 0 Å². The second-order valence-corrected chi connectivity index (χ2v) is 9.95. The van der Waals surface area contributed by atoms with E-state index < -0.39 is 59.4 Å². The monoisotopic (exact) mass is 572 g/mol. The van der Waals surface area contributed by atoms with E-state index in [9.17, 15) is 24.3 Å². The summed E-state index contributed by atoms with van der Waals surface area (Å²) in [6, 6.07) is 0. The maximum atomic E-state index is 12.3. The van der Waals surface area contributed by atoms with Crippen LogP contribution < -0.4 is 22.5 Å². The van der Waals surface area contributed by atoms with Crippen LogP contribution in [0.5, 0.6) is 0 Å². The van der Waals surface area contributed by atoms with Crippen LogP contribution in [0.2, 0.25) is 0 Å². The van der Waals surface area contributed by atoms with Crippen LogP contribution in [0, 0.1) is 13.8 Å². The molecule has 218 valence electrons. The van der Waals surface area contributed by atoms with Crippen LogP contribution >= 0.6 is 0 Å². The highest BCUT2D eigenvalue weighted by atomic mass is 16.6. The molecule has 0 saturated carbocycles. The molecule has 41 heavy (non-hydrogen) atoms. The van der Waals surface area contributed by atoms with E-state index in [2.05, 4.69) is 30.3 Å². The second-order valence-electron chi connectivity index (χ2n) is 9.95. The fourth-order valence-corrected chi connectivity index (χ4v) is 4.85. The smallest absolute Gasteiger partial charge is 0.330 e. The van der Waals surface area contributed by atoms with Crippen molar-refractivity contribution in [3.05, 3.63) is 87.5 Å². The van der Waals surface area contributed by atoms with Crippen molar-refractivity contribution in [3.8, 4) is 0 Å². The summed E-state index contributed by atoms with van der Waals surface area (Å²) in [6.07, 6.45) is 0.520. The van der Waals surface area contributed by atoms with Gasteiger partial charge in [0.15, 0.2) is 0 Å². The van der Waals surface area contributed by atoms with Crippen molar-refractivity contribution in [1.29, 1.82) is 0 Å². The highest BCUT2D eigenvalue weighted by molar-refractivity contribution is 5.03. The zero-order valence-electron chi connectivity index (χ0n) is 22.1. The molecule has 2 saturated heterocycles. The molecule has 0 unspecified atom stereocenters. The predicted molar refractivity (Wildman–Crippen MR) is 138 cm³/mol. The van der Waals surface area contributed by atoms with Gasteiger partial charge in [-0.25, -0.2) is 14.3 Å². The van der Waals surface area contributed by atoms with Crippen molar-refractivity contribution >= 4 is 0 Å². The molecular weight excluding hydrogens is 544 g/mol. The van der Waals surface area contributed by atoms with Gasteiger partial charge in [0.05, 0.1) is 44.2 Å². The zero-order chi connectivity index (χ0) is 29.3. The van der Waals surface area contributed by atoms with Crippen LogP contribution in [0.15, 0.2) is 42.9 Å². The lowest BCUT2D eigenvalue weighted by Crippen LogP contribution is -2.33. The van der Waals surface area contributed by atoms with Gasteiger partial charge in [0.25, 0.3) is 11.1 Å². The molecule has 2 aliphatic rings. The average Bonchev–Trinajstić information content (AvgIpc) is 3.65. The first-order chi connectivity index (χ1) is 19.6. The Morgan fingerprint density at radius 3 is 2.27 bits per heavy atom. The number of hydrogen-bond donors (Lipinski definition) is 3. The number of azide groups is 1. The quantitative estimate of drug-likeness (QED) is 0.163. The Hall–Kier alpha value is -4.35. The molecule has 6 atom stereocenters. The fraction of sp³-hybridized carbons (Fsp3) is 0.565. The Bertz CT molecular complexity index is 1700. The lowest BCUT2D eigenvalue weighted by Gasteiger charge is -2.16. The topological polar surface area (TPSA) is 237 Å². The van der Waals surface area contributed by atoms with Gasteiger partial charge in [0.1, 0.15) is 24.3 Å². The van der Waals surface area contributed by atoms with Gasteiger partial charge >= 0.3 is 11.4 Å². The first-order valence-electron chi connectivity index (χ1n) is 12.8. The third-order valence-corrected chi connectivity index (χ3v) is 7.02. The number of hydrogen-bond acceptors (Lipinski definition) is 11. The van der Waals surface area contributed by atoms with Crippen molar-refractivity contribution in [2.75, 3.05) is 6.54 Å². The molecule has 0 spiro atoms. The molecule has 18 nitrogen and oxygen atoms in total. The summed E-state index contributed by atoms with van der Waals surface area (Å²) in [6.45, 7) is 3.27. The predicted octanol–water partition coefficient (Wildman–Crippen LogP) is -0.873. The summed E-state index contributed by atoms with van der Waals surface area (Å²) in [5.41, 5.74) is 7.67. The lowest BCUT2D eigenvalue weighted by atomic mass is 10.1. The third-order valence-electron chi connectivity index (χ3n) is 7.02. The molecule has 18 heteroatoms. The summed E-state index contributed by atoms with van der Waals surface area (Å²) >= 11 is 0. The molecule has 3 aromatic rings. The van der Waals surface area contributed by atoms with Crippen LogP contribution in [0.3, 0.4) is 0 Å². The number of aromatic nitrogens is 7. The van der Waals surface area contributed by atoms with Crippen LogP contribution in [0.25, 0.3) is 10.4 Å². The third kappa shape index (κ3) is 6.06. The number of rotatable bonds is 9. The highest BCUT2D eigenvalue weighted by Gasteiger charge is 2.38. The van der Waals surface area contributed by atoms with Crippen molar-refractivity contribution in [2.45, 2.75) is 76.7 Å². The maximum Gasteiger partial charge on any atom is 0.330 e. The number of ether oxygens (including phenoxy) is 3. The van der Waals surface area contributed by atoms with E-state index in [4.69, 9.17) is 19.7 Å².